The summed E-state index contributed by atoms with van der Waals surface area (Å²) in [5.74, 6) is -6.30. The average molecular weight is 516 g/mol. The van der Waals surface area contributed by atoms with Crippen molar-refractivity contribution in [1.82, 2.24) is 4.90 Å². The molecule has 0 aromatic heterocycles. The number of carbonyl (C=O) groups is 1. The molecule has 190 valence electrons. The summed E-state index contributed by atoms with van der Waals surface area (Å²) < 4.78 is 86.6. The first-order valence-corrected chi connectivity index (χ1v) is 12.9. The van der Waals surface area contributed by atoms with Crippen molar-refractivity contribution < 1.29 is 35.5 Å². The quantitative estimate of drug-likeness (QED) is 0.461. The molecule has 2 fully saturated rings. The van der Waals surface area contributed by atoms with Crippen LogP contribution in [0, 0.1) is 30.2 Å². The number of hydrogen-bond donors (Lipinski definition) is 0. The SMILES string of the molecule is Cc1c(F)c(F)c(N2CCN(C(=O)c3cc(S(C)(=O)=O)ccc3N3CCOCC3)CC2)c(F)c1F. The second-order valence-electron chi connectivity index (χ2n) is 8.56. The highest BCUT2D eigenvalue weighted by atomic mass is 32.2. The fourth-order valence-electron chi connectivity index (χ4n) is 4.31. The van der Waals surface area contributed by atoms with Gasteiger partial charge in [0.1, 0.15) is 5.69 Å². The molecule has 0 atom stereocenters. The van der Waals surface area contributed by atoms with Gasteiger partial charge in [-0.1, -0.05) is 0 Å². The van der Waals surface area contributed by atoms with Crippen LogP contribution in [0.15, 0.2) is 23.1 Å². The number of sulfone groups is 1. The molecule has 1 amide bonds. The second-order valence-corrected chi connectivity index (χ2v) is 10.6. The van der Waals surface area contributed by atoms with Crippen molar-refractivity contribution in [2.24, 2.45) is 0 Å². The van der Waals surface area contributed by atoms with Gasteiger partial charge in [0.05, 0.1) is 23.7 Å². The van der Waals surface area contributed by atoms with Gasteiger partial charge in [0.15, 0.2) is 33.1 Å². The van der Waals surface area contributed by atoms with Gasteiger partial charge >= 0.3 is 0 Å². The highest BCUT2D eigenvalue weighted by Gasteiger charge is 2.32. The van der Waals surface area contributed by atoms with E-state index in [0.29, 0.717) is 32.0 Å². The Morgan fingerprint density at radius 1 is 0.857 bits per heavy atom. The molecule has 0 bridgehead atoms. The number of amides is 1. The number of rotatable bonds is 4. The van der Waals surface area contributed by atoms with Gasteiger partial charge in [0.25, 0.3) is 5.91 Å². The summed E-state index contributed by atoms with van der Waals surface area (Å²) in [6.45, 7) is 2.81. The first-order chi connectivity index (χ1) is 16.5. The van der Waals surface area contributed by atoms with Crippen LogP contribution in [0.25, 0.3) is 0 Å². The number of morpholine rings is 1. The number of nitrogens with zero attached hydrogens (tertiary/aromatic N) is 3. The Bertz CT molecular complexity index is 1230. The Morgan fingerprint density at radius 2 is 1.43 bits per heavy atom. The van der Waals surface area contributed by atoms with Crippen LogP contribution in [-0.2, 0) is 14.6 Å². The molecule has 2 aromatic carbocycles. The number of hydrogen-bond acceptors (Lipinski definition) is 6. The van der Waals surface area contributed by atoms with Crippen LogP contribution in [0.4, 0.5) is 28.9 Å². The van der Waals surface area contributed by atoms with Crippen LogP contribution >= 0.6 is 0 Å². The molecular weight excluding hydrogens is 490 g/mol. The zero-order chi connectivity index (χ0) is 25.5. The maximum Gasteiger partial charge on any atom is 0.256 e. The lowest BCUT2D eigenvalue weighted by Gasteiger charge is -2.37. The van der Waals surface area contributed by atoms with Gasteiger partial charge in [0, 0.05) is 56.8 Å². The van der Waals surface area contributed by atoms with E-state index in [-0.39, 0.29) is 36.6 Å². The summed E-state index contributed by atoms with van der Waals surface area (Å²) in [6.07, 6.45) is 1.05. The van der Waals surface area contributed by atoms with E-state index in [1.165, 1.54) is 17.0 Å². The Labute approximate surface area is 200 Å². The Balaban J connectivity index is 1.60. The van der Waals surface area contributed by atoms with Crippen molar-refractivity contribution in [1.29, 1.82) is 0 Å². The van der Waals surface area contributed by atoms with E-state index >= 15 is 0 Å². The van der Waals surface area contributed by atoms with Crippen molar-refractivity contribution in [3.63, 3.8) is 0 Å². The third kappa shape index (κ3) is 4.81. The summed E-state index contributed by atoms with van der Waals surface area (Å²) >= 11 is 0. The van der Waals surface area contributed by atoms with E-state index in [9.17, 15) is 30.8 Å². The minimum atomic E-state index is -3.58. The molecule has 2 aliphatic rings. The van der Waals surface area contributed by atoms with Crippen LogP contribution in [0.2, 0.25) is 0 Å². The fraction of sp³-hybridized carbons (Fsp3) is 0.435. The van der Waals surface area contributed by atoms with Crippen LogP contribution in [0.1, 0.15) is 15.9 Å². The Hall–Kier alpha value is -2.86. The van der Waals surface area contributed by atoms with E-state index in [1.54, 1.807) is 6.07 Å². The van der Waals surface area contributed by atoms with E-state index in [0.717, 1.165) is 18.1 Å². The predicted molar refractivity (Wildman–Crippen MR) is 122 cm³/mol. The summed E-state index contributed by atoms with van der Waals surface area (Å²) in [5.41, 5.74) is -0.786. The number of carbonyl (C=O) groups excluding carboxylic acids is 1. The van der Waals surface area contributed by atoms with Crippen LogP contribution < -0.4 is 9.80 Å². The maximum atomic E-state index is 14.4. The fourth-order valence-corrected chi connectivity index (χ4v) is 4.96. The third-order valence-corrected chi connectivity index (χ3v) is 7.43. The molecule has 2 aliphatic heterocycles. The lowest BCUT2D eigenvalue weighted by atomic mass is 10.1. The molecule has 0 saturated carbocycles. The highest BCUT2D eigenvalue weighted by molar-refractivity contribution is 7.90. The lowest BCUT2D eigenvalue weighted by molar-refractivity contribution is 0.0745. The number of piperazine rings is 1. The molecule has 0 spiro atoms. The van der Waals surface area contributed by atoms with Crippen molar-refractivity contribution in [2.75, 3.05) is 68.5 Å². The third-order valence-electron chi connectivity index (χ3n) is 6.32. The number of ether oxygens (including phenoxy) is 1. The van der Waals surface area contributed by atoms with Gasteiger partial charge in [-0.3, -0.25) is 4.79 Å². The zero-order valence-corrected chi connectivity index (χ0v) is 20.1. The molecular formula is C23H25F4N3O4S. The van der Waals surface area contributed by atoms with Crippen molar-refractivity contribution in [3.05, 3.63) is 52.6 Å². The minimum Gasteiger partial charge on any atom is -0.378 e. The number of benzene rings is 2. The van der Waals surface area contributed by atoms with Gasteiger partial charge in [0.2, 0.25) is 0 Å². The normalized spacial score (nSPS) is 17.1. The van der Waals surface area contributed by atoms with Crippen LogP contribution in [0.5, 0.6) is 0 Å². The Kier molecular flexibility index (Phi) is 6.96. The van der Waals surface area contributed by atoms with E-state index in [2.05, 4.69) is 0 Å². The van der Waals surface area contributed by atoms with Crippen LogP contribution in [0.3, 0.4) is 0 Å². The standard InChI is InChI=1S/C23H25F4N3O4S/c1-14-18(24)20(26)22(21(27)19(14)25)29-5-7-30(8-6-29)23(31)16-13-15(35(2,32)33)3-4-17(16)28-9-11-34-12-10-28/h3-4,13H,5-12H2,1-2H3. The van der Waals surface area contributed by atoms with Crippen molar-refractivity contribution >= 4 is 27.1 Å². The molecule has 0 radical (unpaired) electrons. The smallest absolute Gasteiger partial charge is 0.256 e. The molecule has 2 aromatic rings. The van der Waals surface area contributed by atoms with E-state index in [4.69, 9.17) is 4.74 Å². The Morgan fingerprint density at radius 3 is 1.97 bits per heavy atom. The molecule has 2 saturated heterocycles. The van der Waals surface area contributed by atoms with Gasteiger partial charge < -0.3 is 19.4 Å². The minimum absolute atomic E-state index is 0.00811. The van der Waals surface area contributed by atoms with Gasteiger partial charge in [-0.05, 0) is 25.1 Å². The monoisotopic (exact) mass is 515 g/mol. The van der Waals surface area contributed by atoms with Gasteiger partial charge in [-0.25, -0.2) is 26.0 Å². The molecule has 0 aliphatic carbocycles. The summed E-state index contributed by atoms with van der Waals surface area (Å²) in [6, 6.07) is 4.37. The molecule has 7 nitrogen and oxygen atoms in total. The van der Waals surface area contributed by atoms with Crippen molar-refractivity contribution in [3.8, 4) is 0 Å². The maximum absolute atomic E-state index is 14.4. The summed E-state index contributed by atoms with van der Waals surface area (Å²) in [7, 11) is -3.58. The molecule has 12 heteroatoms. The lowest BCUT2D eigenvalue weighted by Crippen LogP contribution is -2.49. The van der Waals surface area contributed by atoms with E-state index < -0.39 is 50.3 Å². The summed E-state index contributed by atoms with van der Waals surface area (Å²) in [4.78, 5) is 18.0. The second kappa shape index (κ2) is 9.65. The number of anilines is 2. The summed E-state index contributed by atoms with van der Waals surface area (Å²) in [5, 5.41) is 0. The first kappa shape index (κ1) is 25.2. The zero-order valence-electron chi connectivity index (χ0n) is 19.3. The molecule has 0 unspecified atom stereocenters. The highest BCUT2D eigenvalue weighted by Crippen LogP contribution is 2.32. The predicted octanol–water partition coefficient (Wildman–Crippen LogP) is 2.75. The molecule has 4 rings (SSSR count). The van der Waals surface area contributed by atoms with E-state index in [1.807, 2.05) is 4.90 Å². The molecule has 35 heavy (non-hydrogen) atoms. The largest absolute Gasteiger partial charge is 0.378 e. The molecule has 0 N–H and O–H groups in total. The van der Waals surface area contributed by atoms with Gasteiger partial charge in [-0.2, -0.15) is 0 Å². The van der Waals surface area contributed by atoms with Gasteiger partial charge in [-0.15, -0.1) is 0 Å². The topological polar surface area (TPSA) is 70.2 Å². The molecule has 2 heterocycles. The number of halogens is 4. The first-order valence-electron chi connectivity index (χ1n) is 11.0. The van der Waals surface area contributed by atoms with Crippen LogP contribution in [-0.4, -0.2) is 78.0 Å². The van der Waals surface area contributed by atoms with Crippen molar-refractivity contribution in [2.45, 2.75) is 11.8 Å². The average Bonchev–Trinajstić information content (AvgIpc) is 2.86.